The molecule has 1 aromatic heterocycles. The van der Waals surface area contributed by atoms with Gasteiger partial charge in [-0.1, -0.05) is 0 Å². The third-order valence-corrected chi connectivity index (χ3v) is 2.27. The lowest BCUT2D eigenvalue weighted by atomic mass is 10.3. The highest BCUT2D eigenvalue weighted by Crippen LogP contribution is 2.11. The van der Waals surface area contributed by atoms with E-state index in [9.17, 15) is 14.4 Å². The lowest BCUT2D eigenvalue weighted by Crippen LogP contribution is -2.42. The number of halogens is 1. The Bertz CT molecular complexity index is 492. The highest BCUT2D eigenvalue weighted by atomic mass is 79.9. The van der Waals surface area contributed by atoms with Crippen LogP contribution in [0.4, 0.5) is 4.79 Å². The second-order valence-corrected chi connectivity index (χ2v) is 4.21. The summed E-state index contributed by atoms with van der Waals surface area (Å²) < 4.78 is 5.44. The fraction of sp³-hybridized carbons (Fsp3) is 0.200. The summed E-state index contributed by atoms with van der Waals surface area (Å²) in [5, 5.41) is 1.81. The molecule has 8 heteroatoms. The monoisotopic (exact) mass is 315 g/mol. The molecule has 1 aromatic rings. The normalized spacial score (nSPS) is 11.4. The number of nitrogens with two attached hydrogens (primary N) is 1. The van der Waals surface area contributed by atoms with E-state index in [1.807, 2.05) is 5.32 Å². The van der Waals surface area contributed by atoms with E-state index in [-0.39, 0.29) is 5.56 Å². The zero-order valence-electron chi connectivity index (χ0n) is 9.34. The first-order chi connectivity index (χ1) is 8.40. The van der Waals surface area contributed by atoms with Crippen molar-refractivity contribution in [3.63, 3.8) is 0 Å². The number of primary amides is 1. The van der Waals surface area contributed by atoms with Gasteiger partial charge in [-0.2, -0.15) is 0 Å². The summed E-state index contributed by atoms with van der Waals surface area (Å²) in [5.74, 6) is -1.52. The molecule has 0 radical (unpaired) electrons. The summed E-state index contributed by atoms with van der Waals surface area (Å²) in [6.07, 6.45) is 1.66. The molecule has 0 bridgehead atoms. The van der Waals surface area contributed by atoms with Crippen LogP contribution in [0.25, 0.3) is 0 Å². The number of nitrogens with zero attached hydrogens (tertiary/aromatic N) is 1. The molecule has 0 aliphatic rings. The number of carbonyl (C=O) groups is 3. The third kappa shape index (κ3) is 4.13. The van der Waals surface area contributed by atoms with Crippen molar-refractivity contribution in [2.75, 3.05) is 0 Å². The fourth-order valence-electron chi connectivity index (χ4n) is 1.03. The van der Waals surface area contributed by atoms with E-state index in [0.29, 0.717) is 4.47 Å². The number of ether oxygens (including phenoxy) is 1. The van der Waals surface area contributed by atoms with Crippen LogP contribution in [-0.2, 0) is 9.53 Å². The molecule has 96 valence electrons. The number of hydrogen-bond acceptors (Lipinski definition) is 5. The second-order valence-electron chi connectivity index (χ2n) is 3.29. The highest BCUT2D eigenvalue weighted by Gasteiger charge is 2.20. The minimum atomic E-state index is -1.14. The molecular weight excluding hydrogens is 306 g/mol. The van der Waals surface area contributed by atoms with Crippen molar-refractivity contribution < 1.29 is 19.1 Å². The number of nitrogens with one attached hydrogen (secondary N) is 1. The van der Waals surface area contributed by atoms with Gasteiger partial charge < -0.3 is 10.5 Å². The molecule has 0 saturated heterocycles. The van der Waals surface area contributed by atoms with E-state index in [1.54, 1.807) is 0 Å². The van der Waals surface area contributed by atoms with E-state index in [4.69, 9.17) is 10.5 Å². The van der Waals surface area contributed by atoms with E-state index in [1.165, 1.54) is 25.4 Å². The number of imide groups is 1. The number of hydrogen-bond donors (Lipinski definition) is 2. The van der Waals surface area contributed by atoms with Crippen molar-refractivity contribution in [1.29, 1.82) is 0 Å². The average molecular weight is 316 g/mol. The van der Waals surface area contributed by atoms with Crippen LogP contribution in [0.1, 0.15) is 17.3 Å². The maximum atomic E-state index is 11.6. The zero-order valence-corrected chi connectivity index (χ0v) is 10.9. The smallest absolute Gasteiger partial charge is 0.340 e. The molecule has 1 atom stereocenters. The largest absolute Gasteiger partial charge is 0.449 e. The second kappa shape index (κ2) is 6.10. The number of rotatable bonds is 3. The Labute approximate surface area is 111 Å². The van der Waals surface area contributed by atoms with Gasteiger partial charge >= 0.3 is 12.0 Å². The molecule has 0 aromatic carbocycles. The Morgan fingerprint density at radius 2 is 2.11 bits per heavy atom. The van der Waals surface area contributed by atoms with Gasteiger partial charge in [-0.25, -0.2) is 9.59 Å². The van der Waals surface area contributed by atoms with Crippen molar-refractivity contribution in [1.82, 2.24) is 10.3 Å². The van der Waals surface area contributed by atoms with Gasteiger partial charge in [0.25, 0.3) is 5.91 Å². The molecule has 0 aliphatic carbocycles. The molecule has 0 saturated carbocycles. The quantitative estimate of drug-likeness (QED) is 0.793. The first-order valence-corrected chi connectivity index (χ1v) is 5.61. The molecule has 0 fully saturated rings. The summed E-state index contributed by atoms with van der Waals surface area (Å²) in [5.41, 5.74) is 4.95. The van der Waals surface area contributed by atoms with Gasteiger partial charge in [0.2, 0.25) is 0 Å². The highest BCUT2D eigenvalue weighted by molar-refractivity contribution is 9.10. The van der Waals surface area contributed by atoms with Gasteiger partial charge in [0.1, 0.15) is 0 Å². The summed E-state index contributed by atoms with van der Waals surface area (Å²) >= 11 is 3.15. The molecule has 3 N–H and O–H groups in total. The number of carbonyl (C=O) groups excluding carboxylic acids is 3. The Balaban J connectivity index is 2.65. The summed E-state index contributed by atoms with van der Waals surface area (Å²) in [7, 11) is 0. The van der Waals surface area contributed by atoms with Crippen LogP contribution in [-0.4, -0.2) is 29.0 Å². The average Bonchev–Trinajstić information content (AvgIpc) is 2.27. The summed E-state index contributed by atoms with van der Waals surface area (Å²) in [4.78, 5) is 37.1. The van der Waals surface area contributed by atoms with E-state index < -0.39 is 24.0 Å². The van der Waals surface area contributed by atoms with Crippen molar-refractivity contribution in [2.45, 2.75) is 13.0 Å². The number of pyridine rings is 1. The Morgan fingerprint density at radius 1 is 1.44 bits per heavy atom. The van der Waals surface area contributed by atoms with Crippen LogP contribution in [0.5, 0.6) is 0 Å². The van der Waals surface area contributed by atoms with Gasteiger partial charge in [0.05, 0.1) is 5.56 Å². The predicted octanol–water partition coefficient (Wildman–Crippen LogP) is 0.584. The minimum absolute atomic E-state index is 0.183. The molecule has 7 nitrogen and oxygen atoms in total. The lowest BCUT2D eigenvalue weighted by molar-refractivity contribution is -0.127. The topological polar surface area (TPSA) is 111 Å². The summed E-state index contributed by atoms with van der Waals surface area (Å²) in [6.45, 7) is 1.32. The Hall–Kier alpha value is -1.96. The van der Waals surface area contributed by atoms with Crippen LogP contribution in [0.15, 0.2) is 22.9 Å². The standard InChI is InChI=1S/C10H10BrN3O4/c1-5(8(15)14-10(12)17)18-9(16)6-2-7(11)4-13-3-6/h2-5H,1H3,(H3,12,14,15,17)/t5-/m1/s1. The maximum Gasteiger partial charge on any atom is 0.340 e. The third-order valence-electron chi connectivity index (χ3n) is 1.84. The van der Waals surface area contributed by atoms with Crippen molar-refractivity contribution >= 4 is 33.8 Å². The molecule has 1 rings (SSSR count). The van der Waals surface area contributed by atoms with Crippen LogP contribution in [0, 0.1) is 0 Å². The molecule has 0 aliphatic heterocycles. The first kappa shape index (κ1) is 14.1. The Kier molecular flexibility index (Phi) is 4.78. The lowest BCUT2D eigenvalue weighted by Gasteiger charge is -2.11. The van der Waals surface area contributed by atoms with Crippen molar-refractivity contribution in [3.05, 3.63) is 28.5 Å². The van der Waals surface area contributed by atoms with Crippen molar-refractivity contribution in [2.24, 2.45) is 5.73 Å². The van der Waals surface area contributed by atoms with E-state index >= 15 is 0 Å². The molecule has 0 spiro atoms. The predicted molar refractivity (Wildman–Crippen MR) is 64.5 cm³/mol. The van der Waals surface area contributed by atoms with Crippen LogP contribution in [0.3, 0.4) is 0 Å². The number of amides is 3. The van der Waals surface area contributed by atoms with Crippen LogP contribution in [0.2, 0.25) is 0 Å². The van der Waals surface area contributed by atoms with Crippen LogP contribution >= 0.6 is 15.9 Å². The Morgan fingerprint density at radius 3 is 2.67 bits per heavy atom. The van der Waals surface area contributed by atoms with Gasteiger partial charge in [-0.05, 0) is 28.9 Å². The van der Waals surface area contributed by atoms with Crippen LogP contribution < -0.4 is 11.1 Å². The SMILES string of the molecule is C[C@@H](OC(=O)c1cncc(Br)c1)C(=O)NC(N)=O. The van der Waals surface area contributed by atoms with Gasteiger partial charge in [-0.3, -0.25) is 15.1 Å². The van der Waals surface area contributed by atoms with Crippen molar-refractivity contribution in [3.8, 4) is 0 Å². The van der Waals surface area contributed by atoms with Gasteiger partial charge in [0, 0.05) is 16.9 Å². The number of aromatic nitrogens is 1. The molecular formula is C10H10BrN3O4. The molecule has 3 amide bonds. The van der Waals surface area contributed by atoms with Gasteiger partial charge in [0.15, 0.2) is 6.10 Å². The summed E-state index contributed by atoms with van der Waals surface area (Å²) in [6, 6.07) is 0.487. The molecule has 0 unspecified atom stereocenters. The minimum Gasteiger partial charge on any atom is -0.449 e. The maximum absolute atomic E-state index is 11.6. The van der Waals surface area contributed by atoms with E-state index in [2.05, 4.69) is 20.9 Å². The molecule has 18 heavy (non-hydrogen) atoms. The first-order valence-electron chi connectivity index (χ1n) is 4.82. The zero-order chi connectivity index (χ0) is 13.7. The van der Waals surface area contributed by atoms with Gasteiger partial charge in [-0.15, -0.1) is 0 Å². The number of esters is 1. The number of urea groups is 1. The van der Waals surface area contributed by atoms with E-state index in [0.717, 1.165) is 0 Å². The fourth-order valence-corrected chi connectivity index (χ4v) is 1.39. The molecule has 1 heterocycles.